The van der Waals surface area contributed by atoms with E-state index in [1.54, 1.807) is 12.1 Å². The highest BCUT2D eigenvalue weighted by Gasteiger charge is 2.23. The number of hydrogen-bond donors (Lipinski definition) is 2. The molecule has 2 aromatic rings. The fourth-order valence-corrected chi connectivity index (χ4v) is 4.10. The Morgan fingerprint density at radius 3 is 2.69 bits per heavy atom. The van der Waals surface area contributed by atoms with Crippen LogP contribution in [-0.2, 0) is 16.0 Å². The summed E-state index contributed by atoms with van der Waals surface area (Å²) in [5, 5.41) is 18.3. The number of nitrogens with one attached hydrogen (secondary N) is 1. The standard InChI is InChI=1S/C26H32N4O5/c1-29-8-10-30(11-9-29)27-17-19-2-4-21(5-3-19)26(33)28-23-6-7-24-22(16-23)14-20(18-35-24)15-25(32)34-13-12-31/h2-7,16-17,20,31H,8-15,18H2,1H3,(H,28,33). The highest BCUT2D eigenvalue weighted by atomic mass is 16.5. The summed E-state index contributed by atoms with van der Waals surface area (Å²) < 4.78 is 10.7. The first kappa shape index (κ1) is 24.7. The van der Waals surface area contributed by atoms with Crippen LogP contribution in [0, 0.1) is 5.92 Å². The minimum absolute atomic E-state index is 0.00319. The van der Waals surface area contributed by atoms with Gasteiger partial charge < -0.3 is 24.8 Å². The highest BCUT2D eigenvalue weighted by molar-refractivity contribution is 6.04. The molecule has 2 heterocycles. The van der Waals surface area contributed by atoms with Crippen LogP contribution in [0.4, 0.5) is 5.69 Å². The smallest absolute Gasteiger partial charge is 0.306 e. The summed E-state index contributed by atoms with van der Waals surface area (Å²) in [4.78, 5) is 26.9. The first-order valence-electron chi connectivity index (χ1n) is 11.9. The largest absolute Gasteiger partial charge is 0.493 e. The number of fused-ring (bicyclic) bond motifs is 1. The molecule has 0 bridgehead atoms. The van der Waals surface area contributed by atoms with Crippen molar-refractivity contribution < 1.29 is 24.2 Å². The molecule has 2 N–H and O–H groups in total. The average molecular weight is 481 g/mol. The molecule has 1 fully saturated rings. The number of likely N-dealkylation sites (N-methyl/N-ethyl adjacent to an activating group) is 1. The maximum absolute atomic E-state index is 12.8. The number of aliphatic hydroxyl groups excluding tert-OH is 1. The van der Waals surface area contributed by atoms with Crippen LogP contribution in [0.5, 0.6) is 5.75 Å². The number of aliphatic hydroxyl groups is 1. The van der Waals surface area contributed by atoms with E-state index in [0.29, 0.717) is 24.3 Å². The Hall–Kier alpha value is -3.43. The predicted octanol–water partition coefficient (Wildman–Crippen LogP) is 2.00. The van der Waals surface area contributed by atoms with E-state index in [-0.39, 0.29) is 37.4 Å². The van der Waals surface area contributed by atoms with Crippen LogP contribution in [0.15, 0.2) is 47.6 Å². The molecular formula is C26H32N4O5. The molecule has 1 atom stereocenters. The second-order valence-electron chi connectivity index (χ2n) is 8.93. The van der Waals surface area contributed by atoms with Crippen LogP contribution in [-0.4, -0.2) is 86.2 Å². The van der Waals surface area contributed by atoms with E-state index in [4.69, 9.17) is 14.6 Å². The van der Waals surface area contributed by atoms with Gasteiger partial charge in [-0.1, -0.05) is 12.1 Å². The normalized spacial score (nSPS) is 18.1. The van der Waals surface area contributed by atoms with E-state index in [1.807, 2.05) is 36.5 Å². The van der Waals surface area contributed by atoms with Gasteiger partial charge in [-0.05, 0) is 54.9 Å². The van der Waals surface area contributed by atoms with Crippen molar-refractivity contribution in [1.82, 2.24) is 9.91 Å². The second-order valence-corrected chi connectivity index (χ2v) is 8.93. The summed E-state index contributed by atoms with van der Waals surface area (Å²) in [6, 6.07) is 12.9. The fourth-order valence-electron chi connectivity index (χ4n) is 4.10. The minimum atomic E-state index is -0.349. The van der Waals surface area contributed by atoms with Gasteiger partial charge in [0.2, 0.25) is 0 Å². The molecule has 0 saturated carbocycles. The number of rotatable bonds is 8. The number of hydrazone groups is 1. The number of esters is 1. The first-order chi connectivity index (χ1) is 17.0. The molecule has 1 saturated heterocycles. The van der Waals surface area contributed by atoms with Crippen LogP contribution in [0.25, 0.3) is 0 Å². The van der Waals surface area contributed by atoms with Gasteiger partial charge in [-0.15, -0.1) is 0 Å². The molecule has 2 aliphatic heterocycles. The zero-order valence-electron chi connectivity index (χ0n) is 20.0. The lowest BCUT2D eigenvalue weighted by Crippen LogP contribution is -2.41. The highest BCUT2D eigenvalue weighted by Crippen LogP contribution is 2.31. The van der Waals surface area contributed by atoms with Gasteiger partial charge >= 0.3 is 5.97 Å². The zero-order valence-corrected chi connectivity index (χ0v) is 20.0. The monoisotopic (exact) mass is 480 g/mol. The Kier molecular flexibility index (Phi) is 8.33. The van der Waals surface area contributed by atoms with Gasteiger partial charge in [0.1, 0.15) is 12.4 Å². The summed E-state index contributed by atoms with van der Waals surface area (Å²) in [6.45, 7) is 4.07. The lowest BCUT2D eigenvalue weighted by atomic mass is 9.93. The quantitative estimate of drug-likeness (QED) is 0.440. The number of hydrogen-bond acceptors (Lipinski definition) is 8. The molecule has 0 aromatic heterocycles. The number of amides is 1. The van der Waals surface area contributed by atoms with Crippen molar-refractivity contribution in [2.24, 2.45) is 11.0 Å². The third kappa shape index (κ3) is 7.03. The Morgan fingerprint density at radius 1 is 1.17 bits per heavy atom. The van der Waals surface area contributed by atoms with Crippen molar-refractivity contribution in [3.63, 3.8) is 0 Å². The molecule has 0 spiro atoms. The molecule has 35 heavy (non-hydrogen) atoms. The van der Waals surface area contributed by atoms with Gasteiger partial charge in [0.15, 0.2) is 0 Å². The molecule has 9 nitrogen and oxygen atoms in total. The third-order valence-corrected chi connectivity index (χ3v) is 6.13. The number of nitrogens with zero attached hydrogens (tertiary/aromatic N) is 3. The zero-order chi connectivity index (χ0) is 24.6. The molecule has 4 rings (SSSR count). The molecule has 2 aromatic carbocycles. The molecule has 1 amide bonds. The van der Waals surface area contributed by atoms with Crippen LogP contribution in [0.3, 0.4) is 0 Å². The van der Waals surface area contributed by atoms with Crippen molar-refractivity contribution >= 4 is 23.8 Å². The van der Waals surface area contributed by atoms with Gasteiger partial charge in [0.05, 0.1) is 25.8 Å². The Balaban J connectivity index is 1.32. The minimum Gasteiger partial charge on any atom is -0.493 e. The summed E-state index contributed by atoms with van der Waals surface area (Å²) in [6.07, 6.45) is 2.70. The van der Waals surface area contributed by atoms with E-state index >= 15 is 0 Å². The van der Waals surface area contributed by atoms with Gasteiger partial charge in [-0.25, -0.2) is 0 Å². The van der Waals surface area contributed by atoms with Crippen molar-refractivity contribution in [1.29, 1.82) is 0 Å². The Labute approximate surface area is 205 Å². The Morgan fingerprint density at radius 2 is 1.94 bits per heavy atom. The summed E-state index contributed by atoms with van der Waals surface area (Å²) in [5.74, 6) is 0.192. The van der Waals surface area contributed by atoms with Crippen molar-refractivity contribution in [3.8, 4) is 5.75 Å². The topological polar surface area (TPSA) is 104 Å². The van der Waals surface area contributed by atoms with Crippen LogP contribution >= 0.6 is 0 Å². The van der Waals surface area contributed by atoms with Crippen LogP contribution < -0.4 is 10.1 Å². The SMILES string of the molecule is CN1CCN(N=Cc2ccc(C(=O)Nc3ccc4c(c3)CC(CC(=O)OCCO)CO4)cc2)CC1. The van der Waals surface area contributed by atoms with Crippen molar-refractivity contribution in [3.05, 3.63) is 59.2 Å². The number of benzene rings is 2. The van der Waals surface area contributed by atoms with Gasteiger partial charge in [-0.2, -0.15) is 5.10 Å². The lowest BCUT2D eigenvalue weighted by Gasteiger charge is -2.30. The number of piperazine rings is 1. The number of carbonyl (C=O) groups is 2. The van der Waals surface area contributed by atoms with E-state index < -0.39 is 0 Å². The Bertz CT molecular complexity index is 1050. The number of ether oxygens (including phenoxy) is 2. The fraction of sp³-hybridized carbons (Fsp3) is 0.423. The average Bonchev–Trinajstić information content (AvgIpc) is 2.87. The first-order valence-corrected chi connectivity index (χ1v) is 11.9. The van der Waals surface area contributed by atoms with Crippen LogP contribution in [0.2, 0.25) is 0 Å². The van der Waals surface area contributed by atoms with E-state index in [1.165, 1.54) is 0 Å². The molecule has 1 unspecified atom stereocenters. The van der Waals surface area contributed by atoms with E-state index in [2.05, 4.69) is 27.4 Å². The number of anilines is 1. The number of carbonyl (C=O) groups excluding carboxylic acids is 2. The molecule has 9 heteroatoms. The van der Waals surface area contributed by atoms with Gasteiger partial charge in [0, 0.05) is 43.3 Å². The predicted molar refractivity (Wildman–Crippen MR) is 133 cm³/mol. The maximum Gasteiger partial charge on any atom is 0.306 e. The molecule has 0 radical (unpaired) electrons. The van der Waals surface area contributed by atoms with Crippen LogP contribution in [0.1, 0.15) is 27.9 Å². The third-order valence-electron chi connectivity index (χ3n) is 6.13. The second kappa shape index (κ2) is 11.8. The molecular weight excluding hydrogens is 448 g/mol. The lowest BCUT2D eigenvalue weighted by molar-refractivity contribution is -0.146. The van der Waals surface area contributed by atoms with Gasteiger partial charge in [-0.3, -0.25) is 14.6 Å². The molecule has 186 valence electrons. The van der Waals surface area contributed by atoms with E-state index in [0.717, 1.165) is 43.1 Å². The summed E-state index contributed by atoms with van der Waals surface area (Å²) >= 11 is 0. The van der Waals surface area contributed by atoms with Crippen molar-refractivity contribution in [2.75, 3.05) is 58.4 Å². The molecule has 0 aliphatic carbocycles. The maximum atomic E-state index is 12.8. The summed E-state index contributed by atoms with van der Waals surface area (Å²) in [5.41, 5.74) is 3.10. The van der Waals surface area contributed by atoms with Crippen molar-refractivity contribution in [2.45, 2.75) is 12.8 Å². The van der Waals surface area contributed by atoms with E-state index in [9.17, 15) is 9.59 Å². The molecule has 2 aliphatic rings. The van der Waals surface area contributed by atoms with Gasteiger partial charge in [0.25, 0.3) is 5.91 Å². The summed E-state index contributed by atoms with van der Waals surface area (Å²) in [7, 11) is 2.11.